The average molecular weight is 325 g/mol. The van der Waals surface area contributed by atoms with Crippen molar-refractivity contribution in [2.24, 2.45) is 5.41 Å². The Kier molecular flexibility index (Phi) is 3.46. The number of carbonyl (C=O) groups excluding carboxylic acids is 2. The molecule has 0 saturated heterocycles. The van der Waals surface area contributed by atoms with Gasteiger partial charge in [0.2, 0.25) is 5.91 Å². The molecule has 3 rings (SSSR count). The minimum absolute atomic E-state index is 0.0343. The minimum Gasteiger partial charge on any atom is -0.307 e. The van der Waals surface area contributed by atoms with Gasteiger partial charge in [-0.05, 0) is 37.6 Å². The molecule has 2 atom stereocenters. The van der Waals surface area contributed by atoms with Crippen LogP contribution in [0, 0.1) is 16.7 Å². The standard InChI is InChI=1S/C17H16N3O2P/c1-16(2)13-5-8-20(12-3-6-19-7-4-12)15(22)17(13,23)9-11(10-18)14(16)21/h3-7,9H,8,23H2,1-2H3/t17-/m0/s1. The van der Waals surface area contributed by atoms with Gasteiger partial charge in [0.25, 0.3) is 0 Å². The van der Waals surface area contributed by atoms with E-state index in [0.29, 0.717) is 6.54 Å². The molecule has 0 N–H and O–H groups in total. The molecule has 116 valence electrons. The van der Waals surface area contributed by atoms with Gasteiger partial charge in [0, 0.05) is 24.6 Å². The van der Waals surface area contributed by atoms with Crippen molar-refractivity contribution >= 4 is 26.6 Å². The summed E-state index contributed by atoms with van der Waals surface area (Å²) in [5.41, 5.74) is 0.631. The van der Waals surface area contributed by atoms with E-state index in [-0.39, 0.29) is 17.3 Å². The number of Topliss-reactive ketones (excluding diaryl/α,β-unsaturated/α-hetero) is 1. The van der Waals surface area contributed by atoms with Crippen molar-refractivity contribution in [1.29, 1.82) is 5.26 Å². The van der Waals surface area contributed by atoms with E-state index in [1.54, 1.807) is 43.3 Å². The Balaban J connectivity index is 2.17. The molecule has 2 heterocycles. The van der Waals surface area contributed by atoms with Crippen molar-refractivity contribution in [3.63, 3.8) is 0 Å². The zero-order chi connectivity index (χ0) is 16.8. The quantitative estimate of drug-likeness (QED) is 0.585. The summed E-state index contributed by atoms with van der Waals surface area (Å²) in [6, 6.07) is 5.46. The number of pyridine rings is 1. The maximum atomic E-state index is 13.1. The van der Waals surface area contributed by atoms with Crippen LogP contribution < -0.4 is 4.90 Å². The summed E-state index contributed by atoms with van der Waals surface area (Å²) in [5, 5.41) is 8.20. The fraction of sp³-hybridized carbons (Fsp3) is 0.294. The van der Waals surface area contributed by atoms with Crippen molar-refractivity contribution in [3.8, 4) is 6.07 Å². The van der Waals surface area contributed by atoms with Crippen molar-refractivity contribution in [2.45, 2.75) is 19.0 Å². The highest BCUT2D eigenvalue weighted by Crippen LogP contribution is 2.50. The highest BCUT2D eigenvalue weighted by atomic mass is 31.0. The van der Waals surface area contributed by atoms with Gasteiger partial charge in [-0.25, -0.2) is 0 Å². The third kappa shape index (κ3) is 2.14. The lowest BCUT2D eigenvalue weighted by Gasteiger charge is -2.46. The second kappa shape index (κ2) is 5.11. The van der Waals surface area contributed by atoms with Crippen LogP contribution in [0.4, 0.5) is 5.69 Å². The molecule has 0 fully saturated rings. The van der Waals surface area contributed by atoms with Crippen LogP contribution in [-0.2, 0) is 9.59 Å². The van der Waals surface area contributed by atoms with Gasteiger partial charge in [0.05, 0.1) is 11.0 Å². The number of hydrogen-bond donors (Lipinski definition) is 0. The summed E-state index contributed by atoms with van der Waals surface area (Å²) in [4.78, 5) is 31.2. The maximum absolute atomic E-state index is 13.1. The Morgan fingerprint density at radius 2 is 1.96 bits per heavy atom. The van der Waals surface area contributed by atoms with Crippen LogP contribution in [0.5, 0.6) is 0 Å². The molecule has 5 nitrogen and oxygen atoms in total. The number of fused-ring (bicyclic) bond motifs is 1. The van der Waals surface area contributed by atoms with Crippen molar-refractivity contribution < 1.29 is 9.59 Å². The van der Waals surface area contributed by atoms with Crippen LogP contribution in [0.1, 0.15) is 13.8 Å². The molecule has 23 heavy (non-hydrogen) atoms. The molecular weight excluding hydrogens is 309 g/mol. The Labute approximate surface area is 136 Å². The van der Waals surface area contributed by atoms with E-state index in [0.717, 1.165) is 11.3 Å². The number of rotatable bonds is 1. The topological polar surface area (TPSA) is 74.1 Å². The smallest absolute Gasteiger partial charge is 0.245 e. The van der Waals surface area contributed by atoms with Gasteiger partial charge >= 0.3 is 0 Å². The number of amides is 1. The number of anilines is 1. The SMILES string of the molecule is CC1(C)C(=O)C(C#N)=C[C@@]2(P)C(=O)N(c3ccncc3)CC=C12. The molecule has 0 saturated carbocycles. The average Bonchev–Trinajstić information content (AvgIpc) is 2.54. The Morgan fingerprint density at radius 3 is 2.57 bits per heavy atom. The van der Waals surface area contributed by atoms with Gasteiger partial charge in [-0.3, -0.25) is 14.6 Å². The first-order chi connectivity index (χ1) is 10.8. The Bertz CT molecular complexity index is 805. The highest BCUT2D eigenvalue weighted by molar-refractivity contribution is 7.22. The lowest BCUT2D eigenvalue weighted by molar-refractivity contribution is -0.123. The predicted octanol–water partition coefficient (Wildman–Crippen LogP) is 2.03. The lowest BCUT2D eigenvalue weighted by Crippen LogP contribution is -2.55. The van der Waals surface area contributed by atoms with Crippen LogP contribution >= 0.6 is 9.24 Å². The first kappa shape index (κ1) is 15.6. The van der Waals surface area contributed by atoms with E-state index in [2.05, 4.69) is 14.2 Å². The molecule has 1 unspecified atom stereocenters. The van der Waals surface area contributed by atoms with Crippen molar-refractivity contribution in [3.05, 3.63) is 47.8 Å². The summed E-state index contributed by atoms with van der Waals surface area (Å²) in [6.07, 6.45) is 6.65. The van der Waals surface area contributed by atoms with E-state index in [4.69, 9.17) is 0 Å². The van der Waals surface area contributed by atoms with Crippen LogP contribution in [0.25, 0.3) is 0 Å². The van der Waals surface area contributed by atoms with Gasteiger partial charge < -0.3 is 4.90 Å². The van der Waals surface area contributed by atoms with Gasteiger partial charge in [-0.15, -0.1) is 9.24 Å². The molecule has 0 aromatic carbocycles. The summed E-state index contributed by atoms with van der Waals surface area (Å²) in [7, 11) is 2.55. The molecule has 2 aliphatic rings. The van der Waals surface area contributed by atoms with Crippen molar-refractivity contribution in [2.75, 3.05) is 11.4 Å². The fourth-order valence-electron chi connectivity index (χ4n) is 3.27. The second-order valence-electron chi connectivity index (χ2n) is 6.23. The van der Waals surface area contributed by atoms with Gasteiger partial charge in [0.15, 0.2) is 5.78 Å². The van der Waals surface area contributed by atoms with Crippen LogP contribution in [-0.4, -0.2) is 28.4 Å². The summed E-state index contributed by atoms with van der Waals surface area (Å²) >= 11 is 0. The maximum Gasteiger partial charge on any atom is 0.245 e. The number of hydrogen-bond acceptors (Lipinski definition) is 4. The zero-order valence-electron chi connectivity index (χ0n) is 12.9. The van der Waals surface area contributed by atoms with E-state index >= 15 is 0 Å². The normalized spacial score (nSPS) is 26.1. The lowest BCUT2D eigenvalue weighted by atomic mass is 9.66. The predicted molar refractivity (Wildman–Crippen MR) is 89.6 cm³/mol. The molecule has 0 bridgehead atoms. The molecule has 6 heteroatoms. The van der Waals surface area contributed by atoms with E-state index in [1.165, 1.54) is 6.08 Å². The first-order valence-electron chi connectivity index (χ1n) is 7.22. The summed E-state index contributed by atoms with van der Waals surface area (Å²) < 4.78 is 0. The number of allylic oxidation sites excluding steroid dienone is 1. The fourth-order valence-corrected chi connectivity index (χ4v) is 4.07. The van der Waals surface area contributed by atoms with E-state index in [1.807, 2.05) is 12.1 Å². The molecule has 1 aliphatic heterocycles. The molecule has 0 spiro atoms. The summed E-state index contributed by atoms with van der Waals surface area (Å²) in [6.45, 7) is 3.92. The van der Waals surface area contributed by atoms with Gasteiger partial charge in [-0.2, -0.15) is 5.26 Å². The zero-order valence-corrected chi connectivity index (χ0v) is 14.1. The van der Waals surface area contributed by atoms with Gasteiger partial charge in [-0.1, -0.05) is 6.08 Å². The molecule has 0 radical (unpaired) electrons. The number of carbonyl (C=O) groups is 2. The number of nitriles is 1. The monoisotopic (exact) mass is 325 g/mol. The first-order valence-corrected chi connectivity index (χ1v) is 7.80. The molecule has 1 aromatic rings. The highest BCUT2D eigenvalue weighted by Gasteiger charge is 2.53. The third-order valence-electron chi connectivity index (χ3n) is 4.48. The van der Waals surface area contributed by atoms with Gasteiger partial charge in [0.1, 0.15) is 11.2 Å². The Morgan fingerprint density at radius 1 is 1.30 bits per heavy atom. The second-order valence-corrected chi connectivity index (χ2v) is 7.14. The van der Waals surface area contributed by atoms with E-state index in [9.17, 15) is 14.9 Å². The number of aromatic nitrogens is 1. The molecular formula is C17H16N3O2P. The number of nitrogens with zero attached hydrogens (tertiary/aromatic N) is 3. The van der Waals surface area contributed by atoms with E-state index < -0.39 is 10.6 Å². The molecule has 1 aliphatic carbocycles. The van der Waals surface area contributed by atoms with Crippen molar-refractivity contribution in [1.82, 2.24) is 4.98 Å². The van der Waals surface area contributed by atoms with Crippen LogP contribution in [0.2, 0.25) is 0 Å². The molecule has 1 aromatic heterocycles. The number of ketones is 1. The molecule has 1 amide bonds. The van der Waals surface area contributed by atoms with Crippen LogP contribution in [0.15, 0.2) is 47.8 Å². The largest absolute Gasteiger partial charge is 0.307 e. The summed E-state index contributed by atoms with van der Waals surface area (Å²) in [5.74, 6) is -0.408. The Hall–Kier alpha value is -2.31. The minimum atomic E-state index is -1.07. The third-order valence-corrected chi connectivity index (χ3v) is 5.20. The van der Waals surface area contributed by atoms with Crippen LogP contribution in [0.3, 0.4) is 0 Å².